The van der Waals surface area contributed by atoms with Crippen LogP contribution in [0.25, 0.3) is 11.3 Å². The van der Waals surface area contributed by atoms with Crippen LogP contribution >= 0.6 is 0 Å². The lowest BCUT2D eigenvalue weighted by atomic mass is 10.2. The fraction of sp³-hybridized carbons (Fsp3) is 0.429. The number of hydrogen-bond donors (Lipinski definition) is 1. The van der Waals surface area contributed by atoms with Gasteiger partial charge in [0.25, 0.3) is 0 Å². The molecule has 0 bridgehead atoms. The van der Waals surface area contributed by atoms with Gasteiger partial charge in [0.05, 0.1) is 12.2 Å². The molecular formula is C14H15FN4O. The van der Waals surface area contributed by atoms with E-state index in [2.05, 4.69) is 15.4 Å². The Morgan fingerprint density at radius 2 is 2.25 bits per heavy atom. The number of hydrogen-bond acceptors (Lipinski definition) is 4. The van der Waals surface area contributed by atoms with E-state index in [1.54, 1.807) is 22.9 Å². The monoisotopic (exact) mass is 274 g/mol. The average molecular weight is 274 g/mol. The van der Waals surface area contributed by atoms with E-state index in [0.29, 0.717) is 35.6 Å². The van der Waals surface area contributed by atoms with Gasteiger partial charge in [-0.3, -0.25) is 0 Å². The SMILES string of the molecule is Fc1nc(NC2CC2)ccc1-c1cc2n(n1)CCCO2. The molecule has 1 aliphatic heterocycles. The average Bonchev–Trinajstić information content (AvgIpc) is 3.15. The third-order valence-electron chi connectivity index (χ3n) is 3.56. The Labute approximate surface area is 115 Å². The highest BCUT2D eigenvalue weighted by molar-refractivity contribution is 5.61. The van der Waals surface area contributed by atoms with Crippen LogP contribution in [0.2, 0.25) is 0 Å². The second kappa shape index (κ2) is 4.47. The number of rotatable bonds is 3. The molecule has 20 heavy (non-hydrogen) atoms. The minimum absolute atomic E-state index is 0.414. The number of nitrogens with one attached hydrogen (secondary N) is 1. The number of ether oxygens (including phenoxy) is 1. The third-order valence-corrected chi connectivity index (χ3v) is 3.56. The molecule has 6 heteroatoms. The van der Waals surface area contributed by atoms with Crippen LogP contribution < -0.4 is 10.1 Å². The van der Waals surface area contributed by atoms with Gasteiger partial charge in [-0.1, -0.05) is 0 Å². The molecule has 0 unspecified atom stereocenters. The minimum Gasteiger partial charge on any atom is -0.478 e. The topological polar surface area (TPSA) is 52.0 Å². The van der Waals surface area contributed by atoms with Gasteiger partial charge in [-0.15, -0.1) is 0 Å². The maximum atomic E-state index is 14.1. The molecule has 0 amide bonds. The van der Waals surface area contributed by atoms with Gasteiger partial charge in [-0.25, -0.2) is 9.67 Å². The van der Waals surface area contributed by atoms with Crippen LogP contribution in [0.5, 0.6) is 5.88 Å². The summed E-state index contributed by atoms with van der Waals surface area (Å²) in [6.45, 7) is 1.50. The smallest absolute Gasteiger partial charge is 0.224 e. The van der Waals surface area contributed by atoms with Crippen molar-refractivity contribution in [1.29, 1.82) is 0 Å². The van der Waals surface area contributed by atoms with E-state index in [0.717, 1.165) is 25.8 Å². The van der Waals surface area contributed by atoms with Crippen LogP contribution in [0, 0.1) is 5.95 Å². The number of aryl methyl sites for hydroxylation is 1. The molecule has 0 aromatic carbocycles. The second-order valence-corrected chi connectivity index (χ2v) is 5.25. The summed E-state index contributed by atoms with van der Waals surface area (Å²) in [7, 11) is 0. The van der Waals surface area contributed by atoms with Gasteiger partial charge in [-0.2, -0.15) is 9.49 Å². The Kier molecular flexibility index (Phi) is 2.61. The molecule has 0 spiro atoms. The molecule has 0 radical (unpaired) electrons. The van der Waals surface area contributed by atoms with Gasteiger partial charge in [0.2, 0.25) is 11.8 Å². The van der Waals surface area contributed by atoms with Gasteiger partial charge in [0.1, 0.15) is 11.5 Å². The highest BCUT2D eigenvalue weighted by atomic mass is 19.1. The zero-order chi connectivity index (χ0) is 13.5. The lowest BCUT2D eigenvalue weighted by Gasteiger charge is -2.13. The molecule has 0 atom stereocenters. The molecule has 2 aromatic heterocycles. The number of anilines is 1. The van der Waals surface area contributed by atoms with Gasteiger partial charge >= 0.3 is 0 Å². The third kappa shape index (κ3) is 2.11. The molecule has 0 saturated heterocycles. The number of fused-ring (bicyclic) bond motifs is 1. The summed E-state index contributed by atoms with van der Waals surface area (Å²) in [5, 5.41) is 7.56. The molecule has 4 rings (SSSR count). The molecule has 1 N–H and O–H groups in total. The number of pyridine rings is 1. The van der Waals surface area contributed by atoms with Gasteiger partial charge in [-0.05, 0) is 25.0 Å². The standard InChI is InChI=1S/C14H15FN4O/c15-14-10(4-5-12(17-14)16-9-2-3-9)11-8-13-19(18-11)6-1-7-20-13/h4-5,8-9H,1-3,6-7H2,(H,16,17). The summed E-state index contributed by atoms with van der Waals surface area (Å²) in [5.41, 5.74) is 0.988. The first-order valence-electron chi connectivity index (χ1n) is 6.94. The summed E-state index contributed by atoms with van der Waals surface area (Å²) in [4.78, 5) is 3.97. The summed E-state index contributed by atoms with van der Waals surface area (Å²) in [5.74, 6) is 0.797. The maximum absolute atomic E-state index is 14.1. The first-order valence-corrected chi connectivity index (χ1v) is 6.94. The van der Waals surface area contributed by atoms with Crippen molar-refractivity contribution in [2.45, 2.75) is 31.8 Å². The Balaban J connectivity index is 1.65. The summed E-state index contributed by atoms with van der Waals surface area (Å²) >= 11 is 0. The van der Waals surface area contributed by atoms with Crippen molar-refractivity contribution in [3.63, 3.8) is 0 Å². The molecular weight excluding hydrogens is 259 g/mol. The summed E-state index contributed by atoms with van der Waals surface area (Å²) < 4.78 is 21.4. The Hall–Kier alpha value is -2.11. The number of aromatic nitrogens is 3. The van der Waals surface area contributed by atoms with Crippen molar-refractivity contribution >= 4 is 5.82 Å². The van der Waals surface area contributed by atoms with E-state index < -0.39 is 5.95 Å². The molecule has 104 valence electrons. The quantitative estimate of drug-likeness (QED) is 0.873. The zero-order valence-corrected chi connectivity index (χ0v) is 11.0. The normalized spacial score (nSPS) is 17.4. The lowest BCUT2D eigenvalue weighted by molar-refractivity contribution is 0.230. The van der Waals surface area contributed by atoms with Crippen molar-refractivity contribution in [3.05, 3.63) is 24.1 Å². The van der Waals surface area contributed by atoms with Crippen molar-refractivity contribution in [3.8, 4) is 17.1 Å². The lowest BCUT2D eigenvalue weighted by Crippen LogP contribution is -2.14. The Morgan fingerprint density at radius 1 is 1.35 bits per heavy atom. The minimum atomic E-state index is -0.494. The van der Waals surface area contributed by atoms with Crippen molar-refractivity contribution in [2.24, 2.45) is 0 Å². The van der Waals surface area contributed by atoms with E-state index in [1.807, 2.05) is 0 Å². The van der Waals surface area contributed by atoms with Crippen molar-refractivity contribution in [1.82, 2.24) is 14.8 Å². The molecule has 5 nitrogen and oxygen atoms in total. The molecule has 2 aromatic rings. The molecule has 2 aliphatic rings. The molecule has 1 fully saturated rings. The summed E-state index contributed by atoms with van der Waals surface area (Å²) in [6.07, 6.45) is 3.20. The Bertz CT molecular complexity index is 627. The van der Waals surface area contributed by atoms with Gasteiger partial charge < -0.3 is 10.1 Å². The fourth-order valence-electron chi connectivity index (χ4n) is 2.34. The molecule has 1 aliphatic carbocycles. The van der Waals surface area contributed by atoms with Crippen LogP contribution in [-0.4, -0.2) is 27.4 Å². The molecule has 1 saturated carbocycles. The highest BCUT2D eigenvalue weighted by Gasteiger charge is 2.22. The highest BCUT2D eigenvalue weighted by Crippen LogP contribution is 2.29. The summed E-state index contributed by atoms with van der Waals surface area (Å²) in [6, 6.07) is 5.76. The maximum Gasteiger partial charge on any atom is 0.224 e. The van der Waals surface area contributed by atoms with Crippen LogP contribution in [-0.2, 0) is 6.54 Å². The second-order valence-electron chi connectivity index (χ2n) is 5.25. The van der Waals surface area contributed by atoms with Crippen molar-refractivity contribution < 1.29 is 9.13 Å². The predicted molar refractivity (Wildman–Crippen MR) is 72.2 cm³/mol. The largest absolute Gasteiger partial charge is 0.478 e. The first-order chi connectivity index (χ1) is 9.79. The van der Waals surface area contributed by atoms with E-state index in [4.69, 9.17) is 4.74 Å². The van der Waals surface area contributed by atoms with Gasteiger partial charge in [0, 0.05) is 25.1 Å². The fourth-order valence-corrected chi connectivity index (χ4v) is 2.34. The number of halogens is 1. The number of nitrogens with zero attached hydrogens (tertiary/aromatic N) is 3. The first kappa shape index (κ1) is 11.7. The Morgan fingerprint density at radius 3 is 3.00 bits per heavy atom. The zero-order valence-electron chi connectivity index (χ0n) is 11.0. The van der Waals surface area contributed by atoms with E-state index >= 15 is 0 Å². The van der Waals surface area contributed by atoms with Crippen LogP contribution in [0.4, 0.5) is 10.2 Å². The van der Waals surface area contributed by atoms with Gasteiger partial charge in [0.15, 0.2) is 0 Å². The van der Waals surface area contributed by atoms with E-state index in [1.165, 1.54) is 0 Å². The van der Waals surface area contributed by atoms with Crippen molar-refractivity contribution in [2.75, 3.05) is 11.9 Å². The van der Waals surface area contributed by atoms with Crippen LogP contribution in [0.1, 0.15) is 19.3 Å². The van der Waals surface area contributed by atoms with E-state index in [9.17, 15) is 4.39 Å². The van der Waals surface area contributed by atoms with Crippen LogP contribution in [0.15, 0.2) is 18.2 Å². The van der Waals surface area contributed by atoms with E-state index in [-0.39, 0.29) is 0 Å². The predicted octanol–water partition coefficient (Wildman–Crippen LogP) is 2.44. The molecule has 3 heterocycles. The van der Waals surface area contributed by atoms with Crippen LogP contribution in [0.3, 0.4) is 0 Å².